The van der Waals surface area contributed by atoms with Crippen molar-refractivity contribution in [2.24, 2.45) is 0 Å². The fourth-order valence-electron chi connectivity index (χ4n) is 1.11. The molecule has 96 valence electrons. The summed E-state index contributed by atoms with van der Waals surface area (Å²) in [6.45, 7) is 0.240. The maximum atomic E-state index is 11.8. The SMILES string of the molecule is CNc1cnc(COCCCC(F)(F)F)cn1. The lowest BCUT2D eigenvalue weighted by molar-refractivity contribution is -0.138. The third kappa shape index (κ3) is 6.06. The van der Waals surface area contributed by atoms with Crippen LogP contribution in [0.15, 0.2) is 12.4 Å². The first kappa shape index (κ1) is 13.7. The first-order valence-corrected chi connectivity index (χ1v) is 5.14. The molecule has 0 atom stereocenters. The first-order chi connectivity index (χ1) is 8.01. The van der Waals surface area contributed by atoms with Crippen molar-refractivity contribution < 1.29 is 17.9 Å². The summed E-state index contributed by atoms with van der Waals surface area (Å²) in [6, 6.07) is 0. The Balaban J connectivity index is 2.18. The Hall–Kier alpha value is -1.37. The molecule has 4 nitrogen and oxygen atoms in total. The molecular weight excluding hydrogens is 235 g/mol. The standard InChI is InChI=1S/C10H14F3N3O/c1-14-9-6-15-8(5-16-9)7-17-4-2-3-10(11,12)13/h5-6H,2-4,7H2,1H3,(H,14,16). The van der Waals surface area contributed by atoms with Gasteiger partial charge in [0.1, 0.15) is 5.82 Å². The van der Waals surface area contributed by atoms with Crippen molar-refractivity contribution >= 4 is 5.82 Å². The van der Waals surface area contributed by atoms with Gasteiger partial charge in [-0.25, -0.2) is 4.98 Å². The normalized spacial score (nSPS) is 11.5. The van der Waals surface area contributed by atoms with E-state index < -0.39 is 12.6 Å². The minimum atomic E-state index is -4.11. The minimum Gasteiger partial charge on any atom is -0.375 e. The van der Waals surface area contributed by atoms with Crippen LogP contribution in [0.4, 0.5) is 19.0 Å². The van der Waals surface area contributed by atoms with E-state index in [-0.39, 0.29) is 19.6 Å². The van der Waals surface area contributed by atoms with Crippen LogP contribution in [-0.2, 0) is 11.3 Å². The van der Waals surface area contributed by atoms with Gasteiger partial charge < -0.3 is 10.1 Å². The van der Waals surface area contributed by atoms with Crippen LogP contribution in [0.1, 0.15) is 18.5 Å². The van der Waals surface area contributed by atoms with Gasteiger partial charge >= 0.3 is 6.18 Å². The highest BCUT2D eigenvalue weighted by atomic mass is 19.4. The molecule has 0 saturated carbocycles. The number of hydrogen-bond donors (Lipinski definition) is 1. The Morgan fingerprint density at radius 2 is 2.06 bits per heavy atom. The van der Waals surface area contributed by atoms with Gasteiger partial charge in [0.25, 0.3) is 0 Å². The Morgan fingerprint density at radius 3 is 2.59 bits per heavy atom. The Kier molecular flexibility index (Phi) is 5.14. The van der Waals surface area contributed by atoms with E-state index in [9.17, 15) is 13.2 Å². The number of nitrogens with one attached hydrogen (secondary N) is 1. The summed E-state index contributed by atoms with van der Waals surface area (Å²) in [7, 11) is 1.72. The lowest BCUT2D eigenvalue weighted by Gasteiger charge is -2.06. The van der Waals surface area contributed by atoms with Gasteiger partial charge in [0.15, 0.2) is 0 Å². The van der Waals surface area contributed by atoms with Crippen molar-refractivity contribution in [1.29, 1.82) is 0 Å². The summed E-state index contributed by atoms with van der Waals surface area (Å²) < 4.78 is 40.5. The summed E-state index contributed by atoms with van der Waals surface area (Å²) >= 11 is 0. The molecule has 1 N–H and O–H groups in total. The monoisotopic (exact) mass is 249 g/mol. The zero-order chi connectivity index (χ0) is 12.7. The van der Waals surface area contributed by atoms with Gasteiger partial charge in [-0.1, -0.05) is 0 Å². The Bertz CT molecular complexity index is 327. The summed E-state index contributed by atoms with van der Waals surface area (Å²) in [4.78, 5) is 8.03. The molecule has 0 saturated heterocycles. The van der Waals surface area contributed by atoms with Crippen LogP contribution in [0.3, 0.4) is 0 Å². The molecule has 0 radical (unpaired) electrons. The number of ether oxygens (including phenoxy) is 1. The predicted octanol–water partition coefficient (Wildman–Crippen LogP) is 2.38. The van der Waals surface area contributed by atoms with E-state index in [0.717, 1.165) is 0 Å². The molecule has 1 aromatic heterocycles. The molecule has 0 amide bonds. The topological polar surface area (TPSA) is 47.0 Å². The van der Waals surface area contributed by atoms with Crippen molar-refractivity contribution in [3.63, 3.8) is 0 Å². The second kappa shape index (κ2) is 6.39. The molecule has 1 aromatic rings. The second-order valence-electron chi connectivity index (χ2n) is 3.41. The van der Waals surface area contributed by atoms with E-state index in [1.54, 1.807) is 7.05 Å². The molecule has 0 aliphatic heterocycles. The second-order valence-corrected chi connectivity index (χ2v) is 3.41. The average molecular weight is 249 g/mol. The molecule has 17 heavy (non-hydrogen) atoms. The maximum Gasteiger partial charge on any atom is 0.389 e. The van der Waals surface area contributed by atoms with Crippen LogP contribution in [0.25, 0.3) is 0 Å². The van der Waals surface area contributed by atoms with E-state index in [1.165, 1.54) is 12.4 Å². The zero-order valence-corrected chi connectivity index (χ0v) is 9.42. The van der Waals surface area contributed by atoms with Crippen molar-refractivity contribution in [3.05, 3.63) is 18.1 Å². The number of aromatic nitrogens is 2. The molecule has 0 fully saturated rings. The van der Waals surface area contributed by atoms with Gasteiger partial charge in [-0.2, -0.15) is 13.2 Å². The summed E-state index contributed by atoms with van der Waals surface area (Å²) in [5.41, 5.74) is 0.594. The smallest absolute Gasteiger partial charge is 0.375 e. The molecule has 7 heteroatoms. The van der Waals surface area contributed by atoms with Gasteiger partial charge in [0.2, 0.25) is 0 Å². The van der Waals surface area contributed by atoms with Gasteiger partial charge in [-0.3, -0.25) is 4.98 Å². The average Bonchev–Trinajstić information content (AvgIpc) is 2.28. The predicted molar refractivity (Wildman–Crippen MR) is 56.5 cm³/mol. The molecule has 0 aliphatic rings. The third-order valence-electron chi connectivity index (χ3n) is 1.96. The summed E-state index contributed by atoms with van der Waals surface area (Å²) in [5, 5.41) is 2.81. The largest absolute Gasteiger partial charge is 0.389 e. The summed E-state index contributed by atoms with van der Waals surface area (Å²) in [5.74, 6) is 0.630. The number of hydrogen-bond acceptors (Lipinski definition) is 4. The molecule has 1 rings (SSSR count). The molecule has 0 aromatic carbocycles. The number of alkyl halides is 3. The van der Waals surface area contributed by atoms with Crippen LogP contribution in [0, 0.1) is 0 Å². The van der Waals surface area contributed by atoms with Crippen molar-refractivity contribution in [2.75, 3.05) is 19.0 Å². The fraction of sp³-hybridized carbons (Fsp3) is 0.600. The first-order valence-electron chi connectivity index (χ1n) is 5.14. The third-order valence-corrected chi connectivity index (χ3v) is 1.96. The van der Waals surface area contributed by atoms with Gasteiger partial charge in [0.05, 0.1) is 24.7 Å². The fourth-order valence-corrected chi connectivity index (χ4v) is 1.11. The summed E-state index contributed by atoms with van der Waals surface area (Å²) in [6.07, 6.45) is -1.91. The highest BCUT2D eigenvalue weighted by molar-refractivity contribution is 5.29. The van der Waals surface area contributed by atoms with E-state index in [2.05, 4.69) is 15.3 Å². The van der Waals surface area contributed by atoms with Crippen molar-refractivity contribution in [1.82, 2.24) is 9.97 Å². The molecule has 0 unspecified atom stereocenters. The minimum absolute atomic E-state index is 0.0362. The van der Waals surface area contributed by atoms with Crippen LogP contribution < -0.4 is 5.32 Å². The quantitative estimate of drug-likeness (QED) is 0.786. The highest BCUT2D eigenvalue weighted by Gasteiger charge is 2.25. The lowest BCUT2D eigenvalue weighted by atomic mass is 10.3. The van der Waals surface area contributed by atoms with Gasteiger partial charge in [-0.05, 0) is 6.42 Å². The van der Waals surface area contributed by atoms with E-state index >= 15 is 0 Å². The van der Waals surface area contributed by atoms with Crippen molar-refractivity contribution in [3.8, 4) is 0 Å². The van der Waals surface area contributed by atoms with Crippen molar-refractivity contribution in [2.45, 2.75) is 25.6 Å². The van der Waals surface area contributed by atoms with Crippen LogP contribution in [0.2, 0.25) is 0 Å². The van der Waals surface area contributed by atoms with Gasteiger partial charge in [0, 0.05) is 20.1 Å². The Morgan fingerprint density at radius 1 is 1.29 bits per heavy atom. The molecule has 1 heterocycles. The zero-order valence-electron chi connectivity index (χ0n) is 9.42. The van der Waals surface area contributed by atoms with E-state index in [1.807, 2.05) is 0 Å². The number of rotatable bonds is 6. The molecule has 0 bridgehead atoms. The van der Waals surface area contributed by atoms with Crippen LogP contribution >= 0.6 is 0 Å². The van der Waals surface area contributed by atoms with E-state index in [4.69, 9.17) is 4.74 Å². The highest BCUT2D eigenvalue weighted by Crippen LogP contribution is 2.21. The number of anilines is 1. The number of halogens is 3. The maximum absolute atomic E-state index is 11.8. The Labute approximate surface area is 97.2 Å². The number of nitrogens with zero attached hydrogens (tertiary/aromatic N) is 2. The molecule has 0 spiro atoms. The van der Waals surface area contributed by atoms with Gasteiger partial charge in [-0.15, -0.1) is 0 Å². The molecular formula is C10H14F3N3O. The van der Waals surface area contributed by atoms with E-state index in [0.29, 0.717) is 11.5 Å². The van der Waals surface area contributed by atoms with Crippen LogP contribution in [-0.4, -0.2) is 29.8 Å². The molecule has 0 aliphatic carbocycles. The van der Waals surface area contributed by atoms with Crippen LogP contribution in [0.5, 0.6) is 0 Å². The lowest BCUT2D eigenvalue weighted by Crippen LogP contribution is -2.09.